The number of rotatable bonds is 1. The summed E-state index contributed by atoms with van der Waals surface area (Å²) in [6.07, 6.45) is 0.481. The van der Waals surface area contributed by atoms with Crippen molar-refractivity contribution in [1.29, 1.82) is 5.26 Å². The summed E-state index contributed by atoms with van der Waals surface area (Å²) in [7, 11) is 0. The third-order valence-electron chi connectivity index (χ3n) is 2.53. The van der Waals surface area contributed by atoms with Gasteiger partial charge in [0.2, 0.25) is 0 Å². The van der Waals surface area contributed by atoms with Crippen LogP contribution in [0.25, 0.3) is 10.9 Å². The fourth-order valence-corrected chi connectivity index (χ4v) is 1.80. The Kier molecular flexibility index (Phi) is 2.01. The zero-order chi connectivity index (χ0) is 10.1. The average Bonchev–Trinajstić information content (AvgIpc) is 2.45. The van der Waals surface area contributed by atoms with Crippen LogP contribution >= 0.6 is 0 Å². The van der Waals surface area contributed by atoms with Crippen molar-refractivity contribution in [2.24, 2.45) is 0 Å². The van der Waals surface area contributed by atoms with Crippen molar-refractivity contribution >= 4 is 10.9 Å². The summed E-state index contributed by atoms with van der Waals surface area (Å²) in [6.45, 7) is 4.08. The first kappa shape index (κ1) is 8.83. The van der Waals surface area contributed by atoms with Crippen molar-refractivity contribution in [2.75, 3.05) is 0 Å². The van der Waals surface area contributed by atoms with Crippen molar-refractivity contribution in [2.45, 2.75) is 20.3 Å². The highest BCUT2D eigenvalue weighted by atomic mass is 14.7. The van der Waals surface area contributed by atoms with Gasteiger partial charge in [0.15, 0.2) is 0 Å². The van der Waals surface area contributed by atoms with E-state index in [-0.39, 0.29) is 0 Å². The molecule has 0 unspecified atom stereocenters. The Morgan fingerprint density at radius 2 is 2.14 bits per heavy atom. The standard InChI is InChI=1S/C12H12N2/c1-8-3-4-12-11(7-8)10(5-6-13)9(2)14-12/h3-4,7,14H,5H2,1-2H3. The summed E-state index contributed by atoms with van der Waals surface area (Å²) in [5.74, 6) is 0. The molecule has 0 fully saturated rings. The molecule has 70 valence electrons. The zero-order valence-corrected chi connectivity index (χ0v) is 8.39. The molecule has 2 heteroatoms. The van der Waals surface area contributed by atoms with Crippen LogP contribution in [0.5, 0.6) is 0 Å². The van der Waals surface area contributed by atoms with E-state index in [1.165, 1.54) is 10.9 Å². The van der Waals surface area contributed by atoms with Gasteiger partial charge in [-0.1, -0.05) is 11.6 Å². The predicted octanol–water partition coefficient (Wildman–Crippen LogP) is 2.85. The van der Waals surface area contributed by atoms with E-state index >= 15 is 0 Å². The van der Waals surface area contributed by atoms with Crippen LogP contribution in [0, 0.1) is 25.2 Å². The number of aromatic nitrogens is 1. The molecule has 0 spiro atoms. The van der Waals surface area contributed by atoms with Crippen LogP contribution in [0.15, 0.2) is 18.2 Å². The van der Waals surface area contributed by atoms with Crippen molar-refractivity contribution in [3.8, 4) is 6.07 Å². The molecular weight excluding hydrogens is 172 g/mol. The lowest BCUT2D eigenvalue weighted by atomic mass is 10.1. The lowest BCUT2D eigenvalue weighted by molar-refractivity contribution is 1.19. The Bertz CT molecular complexity index is 515. The summed E-state index contributed by atoms with van der Waals surface area (Å²) in [5, 5.41) is 9.91. The van der Waals surface area contributed by atoms with Gasteiger partial charge in [0.05, 0.1) is 12.5 Å². The molecule has 0 aliphatic heterocycles. The number of nitrogens with one attached hydrogen (secondary N) is 1. The van der Waals surface area contributed by atoms with Gasteiger partial charge in [-0.2, -0.15) is 5.26 Å². The summed E-state index contributed by atoms with van der Waals surface area (Å²) in [4.78, 5) is 3.29. The molecule has 0 aliphatic carbocycles. The molecule has 0 atom stereocenters. The summed E-state index contributed by atoms with van der Waals surface area (Å²) < 4.78 is 0. The van der Waals surface area contributed by atoms with Crippen LogP contribution in [-0.2, 0) is 6.42 Å². The molecule has 1 heterocycles. The largest absolute Gasteiger partial charge is 0.358 e. The first-order valence-corrected chi connectivity index (χ1v) is 4.67. The molecule has 0 bridgehead atoms. The number of benzene rings is 1. The number of nitrogens with zero attached hydrogens (tertiary/aromatic N) is 1. The minimum Gasteiger partial charge on any atom is -0.358 e. The Morgan fingerprint density at radius 1 is 1.36 bits per heavy atom. The second-order valence-electron chi connectivity index (χ2n) is 3.61. The molecule has 0 aliphatic rings. The molecule has 2 rings (SSSR count). The van der Waals surface area contributed by atoms with Crippen molar-refractivity contribution in [1.82, 2.24) is 4.98 Å². The van der Waals surface area contributed by atoms with Gasteiger partial charge in [-0.15, -0.1) is 0 Å². The second-order valence-corrected chi connectivity index (χ2v) is 3.61. The summed E-state index contributed by atoms with van der Waals surface area (Å²) in [5.41, 5.74) is 4.59. The summed E-state index contributed by atoms with van der Waals surface area (Å²) in [6, 6.07) is 8.48. The van der Waals surface area contributed by atoms with Gasteiger partial charge < -0.3 is 4.98 Å². The van der Waals surface area contributed by atoms with E-state index in [0.29, 0.717) is 6.42 Å². The third-order valence-corrected chi connectivity index (χ3v) is 2.53. The van der Waals surface area contributed by atoms with E-state index in [9.17, 15) is 0 Å². The Labute approximate surface area is 83.2 Å². The molecule has 2 aromatic rings. The predicted molar refractivity (Wildman–Crippen MR) is 57.1 cm³/mol. The minimum absolute atomic E-state index is 0.481. The number of aromatic amines is 1. The Balaban J connectivity index is 2.74. The number of nitriles is 1. The molecule has 0 saturated heterocycles. The zero-order valence-electron chi connectivity index (χ0n) is 8.39. The fraction of sp³-hybridized carbons (Fsp3) is 0.250. The van der Waals surface area contributed by atoms with Crippen LogP contribution in [0.4, 0.5) is 0 Å². The van der Waals surface area contributed by atoms with E-state index in [2.05, 4.69) is 36.2 Å². The lowest BCUT2D eigenvalue weighted by Gasteiger charge is -1.95. The number of hydrogen-bond acceptors (Lipinski definition) is 1. The van der Waals surface area contributed by atoms with E-state index in [1.807, 2.05) is 6.92 Å². The molecule has 1 aromatic carbocycles. The van der Waals surface area contributed by atoms with Crippen molar-refractivity contribution in [3.63, 3.8) is 0 Å². The van der Waals surface area contributed by atoms with E-state index in [1.54, 1.807) is 0 Å². The highest BCUT2D eigenvalue weighted by Crippen LogP contribution is 2.23. The number of fused-ring (bicyclic) bond motifs is 1. The number of hydrogen-bond donors (Lipinski definition) is 1. The van der Waals surface area contributed by atoms with Crippen molar-refractivity contribution < 1.29 is 0 Å². The second kappa shape index (κ2) is 3.19. The highest BCUT2D eigenvalue weighted by molar-refractivity contribution is 5.85. The van der Waals surface area contributed by atoms with E-state index in [4.69, 9.17) is 5.26 Å². The van der Waals surface area contributed by atoms with Gasteiger partial charge in [-0.25, -0.2) is 0 Å². The molecular formula is C12H12N2. The molecule has 0 radical (unpaired) electrons. The number of aryl methyl sites for hydroxylation is 2. The maximum absolute atomic E-state index is 8.73. The third kappa shape index (κ3) is 1.27. The van der Waals surface area contributed by atoms with Crippen LogP contribution in [0.1, 0.15) is 16.8 Å². The smallest absolute Gasteiger partial charge is 0.0670 e. The molecule has 14 heavy (non-hydrogen) atoms. The molecule has 1 aromatic heterocycles. The quantitative estimate of drug-likeness (QED) is 0.727. The molecule has 1 N–H and O–H groups in total. The topological polar surface area (TPSA) is 39.6 Å². The SMILES string of the molecule is Cc1ccc2[nH]c(C)c(CC#N)c2c1. The van der Waals surface area contributed by atoms with Gasteiger partial charge in [0.25, 0.3) is 0 Å². The highest BCUT2D eigenvalue weighted by Gasteiger charge is 2.07. The minimum atomic E-state index is 0.481. The first-order chi connectivity index (χ1) is 6.72. The first-order valence-electron chi connectivity index (χ1n) is 4.67. The molecule has 2 nitrogen and oxygen atoms in total. The van der Waals surface area contributed by atoms with Crippen LogP contribution < -0.4 is 0 Å². The van der Waals surface area contributed by atoms with Crippen LogP contribution in [0.2, 0.25) is 0 Å². The Morgan fingerprint density at radius 3 is 2.86 bits per heavy atom. The monoisotopic (exact) mass is 184 g/mol. The lowest BCUT2D eigenvalue weighted by Crippen LogP contribution is -1.82. The Hall–Kier alpha value is -1.75. The maximum atomic E-state index is 8.73. The average molecular weight is 184 g/mol. The van der Waals surface area contributed by atoms with Crippen LogP contribution in [-0.4, -0.2) is 4.98 Å². The fourth-order valence-electron chi connectivity index (χ4n) is 1.80. The number of H-pyrrole nitrogens is 1. The van der Waals surface area contributed by atoms with Gasteiger partial charge in [-0.3, -0.25) is 0 Å². The van der Waals surface area contributed by atoms with E-state index in [0.717, 1.165) is 16.8 Å². The van der Waals surface area contributed by atoms with Crippen LogP contribution in [0.3, 0.4) is 0 Å². The molecule has 0 amide bonds. The maximum Gasteiger partial charge on any atom is 0.0670 e. The van der Waals surface area contributed by atoms with Gasteiger partial charge in [-0.05, 0) is 31.5 Å². The van der Waals surface area contributed by atoms with Crippen molar-refractivity contribution in [3.05, 3.63) is 35.0 Å². The summed E-state index contributed by atoms with van der Waals surface area (Å²) >= 11 is 0. The van der Waals surface area contributed by atoms with Gasteiger partial charge in [0, 0.05) is 16.6 Å². The van der Waals surface area contributed by atoms with Gasteiger partial charge in [0.1, 0.15) is 0 Å². The molecule has 0 saturated carbocycles. The normalized spacial score (nSPS) is 10.4. The van der Waals surface area contributed by atoms with Gasteiger partial charge >= 0.3 is 0 Å². The van der Waals surface area contributed by atoms with E-state index < -0.39 is 0 Å².